The standard InChI is InChI=1S/C23H28N4O2S/c1-16-17(2)30-22-21(16)23(29)27(15-24-22)13-10-20(28)25-19-8-11-26(12-9-19)14-18-6-4-3-5-7-18/h3-7,15,19H,8-14H2,1-2H3,(H,25,28). The molecule has 1 aliphatic rings. The lowest BCUT2D eigenvalue weighted by atomic mass is 10.0. The van der Waals surface area contributed by atoms with E-state index in [1.54, 1.807) is 22.2 Å². The molecule has 1 fully saturated rings. The molecule has 0 aliphatic carbocycles. The molecule has 158 valence electrons. The zero-order valence-corrected chi connectivity index (χ0v) is 18.4. The smallest absolute Gasteiger partial charge is 0.262 e. The summed E-state index contributed by atoms with van der Waals surface area (Å²) < 4.78 is 1.56. The van der Waals surface area contributed by atoms with Gasteiger partial charge in [0.2, 0.25) is 5.91 Å². The van der Waals surface area contributed by atoms with Gasteiger partial charge in [0, 0.05) is 43.5 Å². The Morgan fingerprint density at radius 2 is 1.93 bits per heavy atom. The number of carbonyl (C=O) groups is 1. The lowest BCUT2D eigenvalue weighted by Crippen LogP contribution is -2.44. The Bertz CT molecular complexity index is 1080. The molecule has 0 spiro atoms. The molecular weight excluding hydrogens is 396 g/mol. The van der Waals surface area contributed by atoms with Crippen LogP contribution in [-0.2, 0) is 17.9 Å². The van der Waals surface area contributed by atoms with Crippen molar-refractivity contribution in [2.45, 2.75) is 52.2 Å². The number of benzene rings is 1. The molecule has 2 aromatic heterocycles. The molecule has 1 saturated heterocycles. The monoisotopic (exact) mass is 424 g/mol. The highest BCUT2D eigenvalue weighted by molar-refractivity contribution is 7.18. The average molecular weight is 425 g/mol. The molecule has 3 heterocycles. The van der Waals surface area contributed by atoms with Gasteiger partial charge in [0.25, 0.3) is 5.56 Å². The molecule has 0 saturated carbocycles. The average Bonchev–Trinajstić information content (AvgIpc) is 3.04. The number of nitrogens with one attached hydrogen (secondary N) is 1. The van der Waals surface area contributed by atoms with Gasteiger partial charge in [-0.1, -0.05) is 30.3 Å². The summed E-state index contributed by atoms with van der Waals surface area (Å²) in [6, 6.07) is 10.7. The summed E-state index contributed by atoms with van der Waals surface area (Å²) in [6.07, 6.45) is 3.77. The Morgan fingerprint density at radius 1 is 1.20 bits per heavy atom. The normalized spacial score (nSPS) is 15.5. The fourth-order valence-electron chi connectivity index (χ4n) is 4.03. The van der Waals surface area contributed by atoms with Crippen LogP contribution in [0.3, 0.4) is 0 Å². The number of piperidine rings is 1. The number of fused-ring (bicyclic) bond motifs is 1. The molecule has 0 atom stereocenters. The second-order valence-electron chi connectivity index (χ2n) is 8.06. The molecule has 1 amide bonds. The molecule has 1 aliphatic heterocycles. The van der Waals surface area contributed by atoms with Crippen LogP contribution in [0.25, 0.3) is 10.2 Å². The maximum atomic E-state index is 12.7. The van der Waals surface area contributed by atoms with Crippen molar-refractivity contribution in [1.82, 2.24) is 19.8 Å². The third-order valence-corrected chi connectivity index (χ3v) is 7.05. The number of aromatic nitrogens is 2. The first-order valence-electron chi connectivity index (χ1n) is 10.5. The first-order chi connectivity index (χ1) is 14.5. The van der Waals surface area contributed by atoms with Gasteiger partial charge in [-0.25, -0.2) is 4.98 Å². The van der Waals surface area contributed by atoms with Crippen LogP contribution in [0.4, 0.5) is 0 Å². The Morgan fingerprint density at radius 3 is 2.67 bits per heavy atom. The number of thiophene rings is 1. The van der Waals surface area contributed by atoms with Crippen molar-refractivity contribution in [3.05, 3.63) is 63.0 Å². The van der Waals surface area contributed by atoms with Gasteiger partial charge >= 0.3 is 0 Å². The molecule has 0 bridgehead atoms. The van der Waals surface area contributed by atoms with E-state index in [1.165, 1.54) is 5.56 Å². The van der Waals surface area contributed by atoms with Crippen LogP contribution in [0.1, 0.15) is 35.3 Å². The van der Waals surface area contributed by atoms with Gasteiger partial charge in [-0.3, -0.25) is 19.1 Å². The zero-order valence-electron chi connectivity index (χ0n) is 17.6. The van der Waals surface area contributed by atoms with Crippen LogP contribution < -0.4 is 10.9 Å². The zero-order chi connectivity index (χ0) is 21.1. The van der Waals surface area contributed by atoms with Crippen LogP contribution in [0.15, 0.2) is 41.5 Å². The minimum atomic E-state index is -0.0520. The van der Waals surface area contributed by atoms with Crippen LogP contribution in [-0.4, -0.2) is 39.5 Å². The maximum absolute atomic E-state index is 12.7. The van der Waals surface area contributed by atoms with Gasteiger partial charge in [0.1, 0.15) is 4.83 Å². The SMILES string of the molecule is Cc1sc2ncn(CCC(=O)NC3CCN(Cc4ccccc4)CC3)c(=O)c2c1C. The summed E-state index contributed by atoms with van der Waals surface area (Å²) in [5.41, 5.74) is 2.27. The molecule has 4 rings (SSSR count). The van der Waals surface area contributed by atoms with Crippen LogP contribution in [0, 0.1) is 13.8 Å². The van der Waals surface area contributed by atoms with Crippen LogP contribution in [0.5, 0.6) is 0 Å². The molecule has 6 nitrogen and oxygen atoms in total. The Labute approximate surface area is 180 Å². The van der Waals surface area contributed by atoms with E-state index in [0.29, 0.717) is 18.4 Å². The van der Waals surface area contributed by atoms with E-state index in [-0.39, 0.29) is 17.5 Å². The van der Waals surface area contributed by atoms with E-state index in [0.717, 1.165) is 47.7 Å². The summed E-state index contributed by atoms with van der Waals surface area (Å²) in [5.74, 6) is 0.00160. The largest absolute Gasteiger partial charge is 0.353 e. The Hall–Kier alpha value is -2.51. The number of nitrogens with zero attached hydrogens (tertiary/aromatic N) is 3. The van der Waals surface area contributed by atoms with Gasteiger partial charge in [-0.2, -0.15) is 0 Å². The third-order valence-electron chi connectivity index (χ3n) is 5.94. The van der Waals surface area contributed by atoms with Gasteiger partial charge < -0.3 is 5.32 Å². The lowest BCUT2D eigenvalue weighted by molar-refractivity contribution is -0.122. The maximum Gasteiger partial charge on any atom is 0.262 e. The van der Waals surface area contributed by atoms with Crippen molar-refractivity contribution in [1.29, 1.82) is 0 Å². The number of aryl methyl sites for hydroxylation is 3. The molecule has 30 heavy (non-hydrogen) atoms. The van der Waals surface area contributed by atoms with E-state index in [1.807, 2.05) is 19.9 Å². The topological polar surface area (TPSA) is 67.2 Å². The van der Waals surface area contributed by atoms with Crippen molar-refractivity contribution in [3.8, 4) is 0 Å². The number of hydrogen-bond donors (Lipinski definition) is 1. The molecule has 0 unspecified atom stereocenters. The first-order valence-corrected chi connectivity index (χ1v) is 11.3. The fourth-order valence-corrected chi connectivity index (χ4v) is 5.02. The Balaban J connectivity index is 1.27. The summed E-state index contributed by atoms with van der Waals surface area (Å²) in [5, 5.41) is 3.83. The molecular formula is C23H28N4O2S. The van der Waals surface area contributed by atoms with Crippen molar-refractivity contribution < 1.29 is 4.79 Å². The molecule has 7 heteroatoms. The number of rotatable bonds is 6. The van der Waals surface area contributed by atoms with E-state index < -0.39 is 0 Å². The summed E-state index contributed by atoms with van der Waals surface area (Å²) >= 11 is 1.54. The second kappa shape index (κ2) is 9.10. The molecule has 1 N–H and O–H groups in total. The highest BCUT2D eigenvalue weighted by Crippen LogP contribution is 2.25. The first kappa shape index (κ1) is 20.8. The molecule has 0 radical (unpaired) electrons. The highest BCUT2D eigenvalue weighted by atomic mass is 32.1. The highest BCUT2D eigenvalue weighted by Gasteiger charge is 2.21. The number of likely N-dealkylation sites (tertiary alicyclic amines) is 1. The minimum Gasteiger partial charge on any atom is -0.353 e. The van der Waals surface area contributed by atoms with E-state index in [4.69, 9.17) is 0 Å². The Kier molecular flexibility index (Phi) is 6.29. The predicted octanol–water partition coefficient (Wildman–Crippen LogP) is 3.25. The minimum absolute atomic E-state index is 0.00160. The number of carbonyl (C=O) groups excluding carboxylic acids is 1. The van der Waals surface area contributed by atoms with Crippen molar-refractivity contribution >= 4 is 27.5 Å². The summed E-state index contributed by atoms with van der Waals surface area (Å²) in [6.45, 7) is 7.24. The molecule has 1 aromatic carbocycles. The summed E-state index contributed by atoms with van der Waals surface area (Å²) in [7, 11) is 0. The van der Waals surface area contributed by atoms with Crippen molar-refractivity contribution in [3.63, 3.8) is 0 Å². The second-order valence-corrected chi connectivity index (χ2v) is 9.26. The van der Waals surface area contributed by atoms with Gasteiger partial charge in [0.05, 0.1) is 11.7 Å². The number of hydrogen-bond acceptors (Lipinski definition) is 5. The summed E-state index contributed by atoms with van der Waals surface area (Å²) in [4.78, 5) is 33.9. The van der Waals surface area contributed by atoms with Crippen LogP contribution >= 0.6 is 11.3 Å². The van der Waals surface area contributed by atoms with Gasteiger partial charge in [-0.05, 0) is 37.8 Å². The van der Waals surface area contributed by atoms with Gasteiger partial charge in [0.15, 0.2) is 0 Å². The number of amides is 1. The van der Waals surface area contributed by atoms with Crippen LogP contribution in [0.2, 0.25) is 0 Å². The fraction of sp³-hybridized carbons (Fsp3) is 0.435. The third kappa shape index (κ3) is 4.63. The van der Waals surface area contributed by atoms with E-state index in [9.17, 15) is 9.59 Å². The van der Waals surface area contributed by atoms with E-state index >= 15 is 0 Å². The van der Waals surface area contributed by atoms with Crippen molar-refractivity contribution in [2.75, 3.05) is 13.1 Å². The molecule has 3 aromatic rings. The van der Waals surface area contributed by atoms with Crippen molar-refractivity contribution in [2.24, 2.45) is 0 Å². The predicted molar refractivity (Wildman–Crippen MR) is 121 cm³/mol. The lowest BCUT2D eigenvalue weighted by Gasteiger charge is -2.32. The van der Waals surface area contributed by atoms with E-state index in [2.05, 4.69) is 39.5 Å². The quantitative estimate of drug-likeness (QED) is 0.660. The van der Waals surface area contributed by atoms with Gasteiger partial charge in [-0.15, -0.1) is 11.3 Å².